The van der Waals surface area contributed by atoms with Gasteiger partial charge in [-0.05, 0) is 24.1 Å². The molecule has 0 spiro atoms. The molecule has 7 heteroatoms. The number of amides is 3. The van der Waals surface area contributed by atoms with Crippen molar-refractivity contribution >= 4 is 17.7 Å². The van der Waals surface area contributed by atoms with Crippen molar-refractivity contribution in [1.29, 1.82) is 0 Å². The molecule has 1 aliphatic rings. The van der Waals surface area contributed by atoms with Gasteiger partial charge in [0, 0.05) is 26.4 Å². The van der Waals surface area contributed by atoms with Crippen LogP contribution in [0.3, 0.4) is 0 Å². The number of rotatable bonds is 7. The van der Waals surface area contributed by atoms with E-state index in [1.54, 1.807) is 12.0 Å². The molecular weight excluding hydrogens is 310 g/mol. The van der Waals surface area contributed by atoms with Gasteiger partial charge < -0.3 is 20.3 Å². The predicted octanol–water partition coefficient (Wildman–Crippen LogP) is 0.0909. The van der Waals surface area contributed by atoms with Crippen LogP contribution >= 0.6 is 0 Å². The Morgan fingerprint density at radius 3 is 2.62 bits per heavy atom. The van der Waals surface area contributed by atoms with E-state index in [1.807, 2.05) is 24.3 Å². The second-order valence-corrected chi connectivity index (χ2v) is 5.82. The number of nitrogens with zero attached hydrogens (tertiary/aromatic N) is 1. The van der Waals surface area contributed by atoms with Crippen molar-refractivity contribution in [1.82, 2.24) is 15.5 Å². The molecule has 0 bridgehead atoms. The number of ether oxygens (including phenoxy) is 1. The van der Waals surface area contributed by atoms with Gasteiger partial charge in [-0.15, -0.1) is 0 Å². The number of carbonyl (C=O) groups excluding carboxylic acids is 3. The number of hydrogen-bond donors (Lipinski definition) is 2. The van der Waals surface area contributed by atoms with Gasteiger partial charge in [-0.1, -0.05) is 12.1 Å². The lowest BCUT2D eigenvalue weighted by Gasteiger charge is -2.17. The van der Waals surface area contributed by atoms with Crippen LogP contribution in [0.1, 0.15) is 18.9 Å². The normalized spacial score (nSPS) is 16.8. The van der Waals surface area contributed by atoms with E-state index < -0.39 is 0 Å². The largest absolute Gasteiger partial charge is 0.497 e. The van der Waals surface area contributed by atoms with E-state index in [0.717, 1.165) is 17.7 Å². The zero-order valence-corrected chi connectivity index (χ0v) is 14.0. The highest BCUT2D eigenvalue weighted by Gasteiger charge is 2.30. The molecule has 1 heterocycles. The molecule has 0 saturated carbocycles. The summed E-state index contributed by atoms with van der Waals surface area (Å²) in [6, 6.07) is 7.55. The number of benzene rings is 1. The summed E-state index contributed by atoms with van der Waals surface area (Å²) in [5.41, 5.74) is 1.13. The molecule has 1 atom stereocenters. The monoisotopic (exact) mass is 333 g/mol. The Morgan fingerprint density at radius 1 is 1.29 bits per heavy atom. The lowest BCUT2D eigenvalue weighted by Crippen LogP contribution is -2.42. The molecule has 0 aromatic heterocycles. The van der Waals surface area contributed by atoms with Gasteiger partial charge in [-0.2, -0.15) is 0 Å². The van der Waals surface area contributed by atoms with Crippen LogP contribution in [0.2, 0.25) is 0 Å². The van der Waals surface area contributed by atoms with Crippen LogP contribution < -0.4 is 15.4 Å². The Kier molecular flexibility index (Phi) is 6.17. The summed E-state index contributed by atoms with van der Waals surface area (Å²) in [5.74, 6) is 0.306. The predicted molar refractivity (Wildman–Crippen MR) is 88.5 cm³/mol. The molecule has 7 nitrogen and oxygen atoms in total. The molecule has 2 N–H and O–H groups in total. The summed E-state index contributed by atoms with van der Waals surface area (Å²) in [5, 5.41) is 5.21. The van der Waals surface area contributed by atoms with E-state index >= 15 is 0 Å². The molecule has 3 amide bonds. The fraction of sp³-hybridized carbons (Fsp3) is 0.471. The van der Waals surface area contributed by atoms with Crippen molar-refractivity contribution in [2.45, 2.75) is 25.8 Å². The Morgan fingerprint density at radius 2 is 2.00 bits per heavy atom. The van der Waals surface area contributed by atoms with E-state index in [4.69, 9.17) is 4.74 Å². The van der Waals surface area contributed by atoms with E-state index in [1.165, 1.54) is 6.92 Å². The van der Waals surface area contributed by atoms with E-state index in [9.17, 15) is 14.4 Å². The first-order valence-electron chi connectivity index (χ1n) is 7.92. The minimum atomic E-state index is -0.278. The van der Waals surface area contributed by atoms with Crippen molar-refractivity contribution in [2.24, 2.45) is 0 Å². The molecular formula is C17H23N3O4. The van der Waals surface area contributed by atoms with E-state index in [2.05, 4.69) is 10.6 Å². The lowest BCUT2D eigenvalue weighted by molar-refractivity contribution is -0.127. The van der Waals surface area contributed by atoms with Crippen LogP contribution in [-0.4, -0.2) is 55.4 Å². The third-order valence-corrected chi connectivity index (χ3v) is 3.91. The Bertz CT molecular complexity index is 600. The van der Waals surface area contributed by atoms with Crippen molar-refractivity contribution in [3.05, 3.63) is 29.8 Å². The molecule has 1 saturated heterocycles. The van der Waals surface area contributed by atoms with Gasteiger partial charge >= 0.3 is 0 Å². The topological polar surface area (TPSA) is 87.7 Å². The molecule has 1 fully saturated rings. The van der Waals surface area contributed by atoms with Crippen molar-refractivity contribution in [3.8, 4) is 5.75 Å². The maximum absolute atomic E-state index is 12.0. The van der Waals surface area contributed by atoms with Gasteiger partial charge in [-0.3, -0.25) is 14.4 Å². The molecule has 0 aliphatic carbocycles. The second-order valence-electron chi connectivity index (χ2n) is 5.82. The molecule has 130 valence electrons. The number of carbonyl (C=O) groups is 3. The van der Waals surface area contributed by atoms with Crippen LogP contribution in [0.25, 0.3) is 0 Å². The molecule has 24 heavy (non-hydrogen) atoms. The Hall–Kier alpha value is -2.57. The van der Waals surface area contributed by atoms with Gasteiger partial charge in [0.05, 0.1) is 19.7 Å². The summed E-state index contributed by atoms with van der Waals surface area (Å²) in [7, 11) is 1.62. The number of methoxy groups -OCH3 is 1. The van der Waals surface area contributed by atoms with Crippen LogP contribution in [0.5, 0.6) is 5.75 Å². The van der Waals surface area contributed by atoms with Crippen LogP contribution in [-0.2, 0) is 20.8 Å². The summed E-state index contributed by atoms with van der Waals surface area (Å²) in [6.07, 6.45) is 1.05. The zero-order chi connectivity index (χ0) is 17.5. The number of hydrogen-bond acceptors (Lipinski definition) is 4. The number of nitrogens with one attached hydrogen (secondary N) is 2. The maximum atomic E-state index is 12.0. The van der Waals surface area contributed by atoms with Gasteiger partial charge in [0.25, 0.3) is 0 Å². The summed E-state index contributed by atoms with van der Waals surface area (Å²) >= 11 is 0. The number of likely N-dealkylation sites (tertiary alicyclic amines) is 1. The SMILES string of the molecule is COc1ccc(CCN2C[C@@H](NC(=O)CNC(C)=O)CC2=O)cc1. The smallest absolute Gasteiger partial charge is 0.239 e. The van der Waals surface area contributed by atoms with Crippen molar-refractivity contribution < 1.29 is 19.1 Å². The summed E-state index contributed by atoms with van der Waals surface area (Å²) in [6.45, 7) is 2.41. The van der Waals surface area contributed by atoms with Crippen molar-refractivity contribution in [2.75, 3.05) is 26.7 Å². The fourth-order valence-electron chi connectivity index (χ4n) is 2.62. The van der Waals surface area contributed by atoms with Crippen LogP contribution in [0.4, 0.5) is 0 Å². The second kappa shape index (κ2) is 8.33. The van der Waals surface area contributed by atoms with Crippen LogP contribution in [0.15, 0.2) is 24.3 Å². The highest BCUT2D eigenvalue weighted by Crippen LogP contribution is 2.15. The third-order valence-electron chi connectivity index (χ3n) is 3.91. The molecule has 1 aromatic carbocycles. The van der Waals surface area contributed by atoms with Gasteiger partial charge in [0.1, 0.15) is 5.75 Å². The van der Waals surface area contributed by atoms with Crippen molar-refractivity contribution in [3.63, 3.8) is 0 Å². The molecule has 0 unspecified atom stereocenters. The van der Waals surface area contributed by atoms with Gasteiger partial charge in [0.15, 0.2) is 0 Å². The first-order valence-corrected chi connectivity index (χ1v) is 7.92. The first-order chi connectivity index (χ1) is 11.5. The lowest BCUT2D eigenvalue weighted by atomic mass is 10.1. The average molecular weight is 333 g/mol. The Balaban J connectivity index is 1.77. The maximum Gasteiger partial charge on any atom is 0.239 e. The van der Waals surface area contributed by atoms with Gasteiger partial charge in [-0.25, -0.2) is 0 Å². The summed E-state index contributed by atoms with van der Waals surface area (Å²) < 4.78 is 5.12. The zero-order valence-electron chi connectivity index (χ0n) is 14.0. The fourth-order valence-corrected chi connectivity index (χ4v) is 2.62. The quantitative estimate of drug-likeness (QED) is 0.740. The molecule has 0 radical (unpaired) electrons. The summed E-state index contributed by atoms with van der Waals surface area (Å²) in [4.78, 5) is 36.3. The minimum absolute atomic E-state index is 0.0355. The van der Waals surface area contributed by atoms with Gasteiger partial charge in [0.2, 0.25) is 17.7 Å². The highest BCUT2D eigenvalue weighted by molar-refractivity contribution is 5.85. The standard InChI is InChI=1S/C17H23N3O4/c1-12(21)18-10-16(22)19-14-9-17(23)20(11-14)8-7-13-3-5-15(24-2)6-4-13/h3-6,14H,7-11H2,1-2H3,(H,18,21)(H,19,22)/t14-/m0/s1. The highest BCUT2D eigenvalue weighted by atomic mass is 16.5. The molecule has 1 aromatic rings. The molecule has 2 rings (SSSR count). The first kappa shape index (κ1) is 17.8. The minimum Gasteiger partial charge on any atom is -0.497 e. The third kappa shape index (κ3) is 5.26. The Labute approximate surface area is 141 Å². The molecule has 1 aliphatic heterocycles. The van der Waals surface area contributed by atoms with E-state index in [0.29, 0.717) is 19.5 Å². The van der Waals surface area contributed by atoms with E-state index in [-0.39, 0.29) is 30.3 Å². The van der Waals surface area contributed by atoms with Crippen LogP contribution in [0, 0.1) is 0 Å². The average Bonchev–Trinajstić information content (AvgIpc) is 2.91.